The number of carbonyl (C=O) groups excluding carboxylic acids is 2. The molecule has 0 N–H and O–H groups in total. The minimum atomic E-state index is -4.04. The predicted octanol–water partition coefficient (Wildman–Crippen LogP) is 6.56. The molecule has 5 rings (SSSR count). The molecule has 212 valence electrons. The molecule has 0 saturated heterocycles. The number of esters is 1. The summed E-state index contributed by atoms with van der Waals surface area (Å²) in [4.78, 5) is 25.6. The zero-order valence-electron chi connectivity index (χ0n) is 23.7. The van der Waals surface area contributed by atoms with Crippen molar-refractivity contribution < 1.29 is 27.5 Å². The second-order valence-corrected chi connectivity index (χ2v) is 12.8. The van der Waals surface area contributed by atoms with Gasteiger partial charge in [-0.05, 0) is 93.6 Å². The maximum absolute atomic E-state index is 13.7. The number of aryl methyl sites for hydroxylation is 1. The van der Waals surface area contributed by atoms with Crippen LogP contribution >= 0.6 is 0 Å². The lowest BCUT2D eigenvalue weighted by Crippen LogP contribution is -2.27. The number of methoxy groups -OCH3 is 1. The topological polar surface area (TPSA) is 96.6 Å². The number of carbonyl (C=O) groups is 2. The summed E-state index contributed by atoms with van der Waals surface area (Å²) in [5, 5.41) is 0. The molecule has 0 bridgehead atoms. The Bertz CT molecular complexity index is 1780. The van der Waals surface area contributed by atoms with Crippen molar-refractivity contribution in [3.63, 3.8) is 0 Å². The van der Waals surface area contributed by atoms with Crippen LogP contribution in [0, 0.1) is 6.92 Å². The molecule has 1 aliphatic rings. The van der Waals surface area contributed by atoms with Gasteiger partial charge in [-0.2, -0.15) is 0 Å². The summed E-state index contributed by atoms with van der Waals surface area (Å²) in [7, 11) is -2.81. The van der Waals surface area contributed by atoms with Gasteiger partial charge in [-0.25, -0.2) is 22.0 Å². The Morgan fingerprint density at radius 2 is 1.68 bits per heavy atom. The van der Waals surface area contributed by atoms with Crippen LogP contribution in [0.5, 0.6) is 0 Å². The lowest BCUT2D eigenvalue weighted by molar-refractivity contribution is 0.0538. The van der Waals surface area contributed by atoms with Gasteiger partial charge in [0.2, 0.25) is 0 Å². The Hall–Kier alpha value is -4.37. The SMILES string of the molecule is COC(=O)c1cc2c(n1S(=O)(=O)c1ccc(C)cc1)CC/C2=C\c1cccc(-c2cccn2C(=O)OC(C)(C)C)c1. The van der Waals surface area contributed by atoms with Gasteiger partial charge in [0.1, 0.15) is 11.3 Å². The van der Waals surface area contributed by atoms with Crippen LogP contribution in [-0.4, -0.2) is 41.7 Å². The lowest BCUT2D eigenvalue weighted by atomic mass is 10.0. The van der Waals surface area contributed by atoms with Crippen molar-refractivity contribution in [3.05, 3.63) is 101 Å². The highest BCUT2D eigenvalue weighted by atomic mass is 32.2. The molecule has 0 saturated carbocycles. The van der Waals surface area contributed by atoms with E-state index in [0.717, 1.165) is 26.2 Å². The summed E-state index contributed by atoms with van der Waals surface area (Å²) in [6.07, 6.45) is 4.25. The van der Waals surface area contributed by atoms with E-state index in [1.807, 2.05) is 64.1 Å². The fourth-order valence-electron chi connectivity index (χ4n) is 5.00. The number of nitrogens with zero attached hydrogens (tertiary/aromatic N) is 2. The quantitative estimate of drug-likeness (QED) is 0.251. The van der Waals surface area contributed by atoms with Crippen LogP contribution in [0.1, 0.15) is 60.1 Å². The summed E-state index contributed by atoms with van der Waals surface area (Å²) in [5.74, 6) is -0.723. The van der Waals surface area contributed by atoms with Gasteiger partial charge in [-0.3, -0.25) is 4.57 Å². The molecular formula is C32H32N2O6S. The standard InChI is InChI=1S/C32H32N2O6S/c1-21-11-14-25(15-12-21)41(37,38)34-28-16-13-23(26(28)20-29(34)30(35)39-5)18-22-8-6-9-24(19-22)27-10-7-17-33(27)31(36)40-32(2,3)4/h6-12,14-15,17-20H,13,16H2,1-5H3/b23-18+. The molecule has 2 aromatic heterocycles. The van der Waals surface area contributed by atoms with Gasteiger partial charge in [0.15, 0.2) is 0 Å². The van der Waals surface area contributed by atoms with Crippen LogP contribution < -0.4 is 0 Å². The van der Waals surface area contributed by atoms with Crippen molar-refractivity contribution in [1.29, 1.82) is 0 Å². The van der Waals surface area contributed by atoms with Crippen molar-refractivity contribution in [2.45, 2.75) is 51.0 Å². The summed E-state index contributed by atoms with van der Waals surface area (Å²) >= 11 is 0. The number of fused-ring (bicyclic) bond motifs is 1. The molecule has 0 unspecified atom stereocenters. The second-order valence-electron chi connectivity index (χ2n) is 11.0. The first-order chi connectivity index (χ1) is 19.4. The van der Waals surface area contributed by atoms with Gasteiger partial charge in [-0.15, -0.1) is 0 Å². The minimum absolute atomic E-state index is 0.0346. The van der Waals surface area contributed by atoms with E-state index in [9.17, 15) is 18.0 Å². The molecule has 0 amide bonds. The smallest absolute Gasteiger partial charge is 0.418 e. The van der Waals surface area contributed by atoms with Crippen LogP contribution in [0.4, 0.5) is 4.79 Å². The van der Waals surface area contributed by atoms with Crippen LogP contribution in [0.25, 0.3) is 22.9 Å². The third-order valence-electron chi connectivity index (χ3n) is 6.85. The van der Waals surface area contributed by atoms with E-state index in [1.165, 1.54) is 11.7 Å². The number of rotatable bonds is 5. The number of benzene rings is 2. The van der Waals surface area contributed by atoms with Crippen LogP contribution in [0.2, 0.25) is 0 Å². The first-order valence-electron chi connectivity index (χ1n) is 13.3. The van der Waals surface area contributed by atoms with Crippen LogP contribution in [0.3, 0.4) is 0 Å². The minimum Gasteiger partial charge on any atom is -0.464 e. The highest BCUT2D eigenvalue weighted by Crippen LogP contribution is 2.38. The average Bonchev–Trinajstić information content (AvgIpc) is 3.64. The van der Waals surface area contributed by atoms with Gasteiger partial charge in [0.05, 0.1) is 17.7 Å². The second kappa shape index (κ2) is 10.6. The number of hydrogen-bond donors (Lipinski definition) is 0. The highest BCUT2D eigenvalue weighted by Gasteiger charge is 2.33. The molecule has 2 aromatic carbocycles. The molecule has 0 atom stereocenters. The van der Waals surface area contributed by atoms with Gasteiger partial charge >= 0.3 is 12.1 Å². The van der Waals surface area contributed by atoms with Crippen molar-refractivity contribution in [2.24, 2.45) is 0 Å². The Morgan fingerprint density at radius 1 is 0.951 bits per heavy atom. The molecule has 8 nitrogen and oxygen atoms in total. The Balaban J connectivity index is 1.54. The monoisotopic (exact) mass is 572 g/mol. The Morgan fingerprint density at radius 3 is 2.37 bits per heavy atom. The van der Waals surface area contributed by atoms with Crippen LogP contribution in [0.15, 0.2) is 77.8 Å². The Kier molecular flexibility index (Phi) is 7.25. The molecule has 0 fully saturated rings. The van der Waals surface area contributed by atoms with E-state index in [0.29, 0.717) is 29.8 Å². The predicted molar refractivity (Wildman–Crippen MR) is 157 cm³/mol. The maximum Gasteiger partial charge on any atom is 0.418 e. The molecule has 1 aliphatic carbocycles. The number of ether oxygens (including phenoxy) is 2. The number of allylic oxidation sites excluding steroid dienone is 1. The normalized spacial score (nSPS) is 14.2. The van der Waals surface area contributed by atoms with E-state index >= 15 is 0 Å². The largest absolute Gasteiger partial charge is 0.464 e. The van der Waals surface area contributed by atoms with Crippen molar-refractivity contribution in [1.82, 2.24) is 8.54 Å². The summed E-state index contributed by atoms with van der Waals surface area (Å²) in [6, 6.07) is 19.5. The third kappa shape index (κ3) is 5.50. The van der Waals surface area contributed by atoms with E-state index < -0.39 is 27.7 Å². The number of hydrogen-bond acceptors (Lipinski definition) is 6. The first-order valence-corrected chi connectivity index (χ1v) is 14.7. The maximum atomic E-state index is 13.7. The van der Waals surface area contributed by atoms with Crippen molar-refractivity contribution in [3.8, 4) is 11.3 Å². The van der Waals surface area contributed by atoms with Crippen LogP contribution in [-0.2, 0) is 25.9 Å². The fourth-order valence-corrected chi connectivity index (χ4v) is 6.55. The van der Waals surface area contributed by atoms with Gasteiger partial charge < -0.3 is 9.47 Å². The molecule has 0 radical (unpaired) electrons. The molecule has 41 heavy (non-hydrogen) atoms. The van der Waals surface area contributed by atoms with E-state index in [2.05, 4.69) is 0 Å². The molecule has 2 heterocycles. The zero-order chi connectivity index (χ0) is 29.5. The molecular weight excluding hydrogens is 540 g/mol. The summed E-state index contributed by atoms with van der Waals surface area (Å²) in [6.45, 7) is 7.34. The van der Waals surface area contributed by atoms with Crippen molar-refractivity contribution in [2.75, 3.05) is 7.11 Å². The van der Waals surface area contributed by atoms with Crippen molar-refractivity contribution >= 4 is 33.7 Å². The van der Waals surface area contributed by atoms with Gasteiger partial charge in [0, 0.05) is 17.5 Å². The Labute approximate surface area is 239 Å². The van der Waals surface area contributed by atoms with Gasteiger partial charge in [0.25, 0.3) is 10.0 Å². The first kappa shape index (κ1) is 28.2. The number of aromatic nitrogens is 2. The average molecular weight is 573 g/mol. The zero-order valence-corrected chi connectivity index (χ0v) is 24.5. The van der Waals surface area contributed by atoms with E-state index in [-0.39, 0.29) is 10.6 Å². The molecule has 9 heteroatoms. The fraction of sp³-hybridized carbons (Fsp3) is 0.250. The lowest BCUT2D eigenvalue weighted by Gasteiger charge is -2.20. The summed E-state index contributed by atoms with van der Waals surface area (Å²) < 4.78 is 40.5. The van der Waals surface area contributed by atoms with Gasteiger partial charge in [-0.1, -0.05) is 42.0 Å². The van der Waals surface area contributed by atoms with E-state index in [1.54, 1.807) is 42.6 Å². The molecule has 4 aromatic rings. The molecule has 0 aliphatic heterocycles. The summed E-state index contributed by atoms with van der Waals surface area (Å²) in [5.41, 5.74) is 4.80. The molecule has 0 spiro atoms. The third-order valence-corrected chi connectivity index (χ3v) is 8.61. The van der Waals surface area contributed by atoms with E-state index in [4.69, 9.17) is 9.47 Å². The highest BCUT2D eigenvalue weighted by molar-refractivity contribution is 7.90.